The Labute approximate surface area is 104 Å². The smallest absolute Gasteiger partial charge is 0.139 e. The van der Waals surface area contributed by atoms with Crippen molar-refractivity contribution in [2.24, 2.45) is 0 Å². The van der Waals surface area contributed by atoms with E-state index in [0.717, 1.165) is 25.7 Å². The predicted molar refractivity (Wildman–Crippen MR) is 67.9 cm³/mol. The Morgan fingerprint density at radius 3 is 2.71 bits per heavy atom. The molecule has 0 spiro atoms. The van der Waals surface area contributed by atoms with Gasteiger partial charge in [-0.2, -0.15) is 0 Å². The molecule has 17 heavy (non-hydrogen) atoms. The first-order valence-corrected chi connectivity index (χ1v) is 7.27. The van der Waals surface area contributed by atoms with Crippen LogP contribution in [0.15, 0.2) is 29.2 Å². The number of nitrogens with one attached hydrogen (secondary N) is 1. The summed E-state index contributed by atoms with van der Waals surface area (Å²) in [5, 5.41) is 3.24. The first-order chi connectivity index (χ1) is 8.24. The molecule has 1 aromatic rings. The maximum atomic E-state index is 13.6. The van der Waals surface area contributed by atoms with Crippen molar-refractivity contribution in [3.8, 4) is 0 Å². The summed E-state index contributed by atoms with van der Waals surface area (Å²) < 4.78 is 26.0. The van der Waals surface area contributed by atoms with Crippen LogP contribution < -0.4 is 5.32 Å². The van der Waals surface area contributed by atoms with Crippen molar-refractivity contribution in [2.45, 2.75) is 41.9 Å². The van der Waals surface area contributed by atoms with Crippen LogP contribution in [0.5, 0.6) is 0 Å². The van der Waals surface area contributed by atoms with Crippen LogP contribution >= 0.6 is 0 Å². The lowest BCUT2D eigenvalue weighted by Gasteiger charge is -2.30. The van der Waals surface area contributed by atoms with Gasteiger partial charge in [-0.1, -0.05) is 25.0 Å². The first kappa shape index (κ1) is 12.7. The lowest BCUT2D eigenvalue weighted by atomic mass is 9.95. The number of rotatable bonds is 3. The van der Waals surface area contributed by atoms with Gasteiger partial charge in [0.1, 0.15) is 5.82 Å². The van der Waals surface area contributed by atoms with Crippen molar-refractivity contribution < 1.29 is 8.60 Å². The first-order valence-electron chi connectivity index (χ1n) is 6.06. The maximum Gasteiger partial charge on any atom is 0.139 e. The van der Waals surface area contributed by atoms with Crippen LogP contribution in [0.4, 0.5) is 4.39 Å². The zero-order chi connectivity index (χ0) is 12.3. The average molecular weight is 255 g/mol. The fourth-order valence-corrected chi connectivity index (χ4v) is 4.20. The Balaban J connectivity index is 2.21. The maximum absolute atomic E-state index is 13.6. The SMILES string of the molecule is CNC1CCCCC1S(=O)c1ccccc1F. The fourth-order valence-electron chi connectivity index (χ4n) is 2.45. The Kier molecular flexibility index (Phi) is 4.29. The second-order valence-corrected chi connectivity index (χ2v) is 6.09. The lowest BCUT2D eigenvalue weighted by Crippen LogP contribution is -2.42. The molecule has 94 valence electrons. The van der Waals surface area contributed by atoms with Crippen molar-refractivity contribution in [2.75, 3.05) is 7.05 Å². The van der Waals surface area contributed by atoms with Gasteiger partial charge in [-0.05, 0) is 32.0 Å². The van der Waals surface area contributed by atoms with Crippen LogP contribution in [-0.2, 0) is 10.8 Å². The summed E-state index contributed by atoms with van der Waals surface area (Å²) in [6, 6.07) is 6.63. The van der Waals surface area contributed by atoms with Crippen molar-refractivity contribution >= 4 is 10.8 Å². The van der Waals surface area contributed by atoms with Crippen LogP contribution in [0.25, 0.3) is 0 Å². The Morgan fingerprint density at radius 1 is 1.29 bits per heavy atom. The minimum Gasteiger partial charge on any atom is -0.316 e. The van der Waals surface area contributed by atoms with E-state index in [2.05, 4.69) is 5.32 Å². The predicted octanol–water partition coefficient (Wildman–Crippen LogP) is 2.46. The van der Waals surface area contributed by atoms with Gasteiger partial charge in [0, 0.05) is 6.04 Å². The molecule has 2 nitrogen and oxygen atoms in total. The highest BCUT2D eigenvalue weighted by Crippen LogP contribution is 2.27. The molecule has 0 bridgehead atoms. The molecule has 0 saturated heterocycles. The average Bonchev–Trinajstić information content (AvgIpc) is 2.38. The van der Waals surface area contributed by atoms with Gasteiger partial charge in [-0.3, -0.25) is 4.21 Å². The van der Waals surface area contributed by atoms with E-state index in [1.807, 2.05) is 7.05 Å². The minimum atomic E-state index is -1.25. The fraction of sp³-hybridized carbons (Fsp3) is 0.538. The molecule has 0 amide bonds. The van der Waals surface area contributed by atoms with Gasteiger partial charge in [0.2, 0.25) is 0 Å². The second-order valence-electron chi connectivity index (χ2n) is 4.45. The zero-order valence-electron chi connectivity index (χ0n) is 9.99. The largest absolute Gasteiger partial charge is 0.316 e. The monoisotopic (exact) mass is 255 g/mol. The van der Waals surface area contributed by atoms with Crippen molar-refractivity contribution in [3.63, 3.8) is 0 Å². The Bertz CT molecular complexity index is 410. The van der Waals surface area contributed by atoms with E-state index in [0.29, 0.717) is 4.90 Å². The van der Waals surface area contributed by atoms with Gasteiger partial charge in [-0.25, -0.2) is 4.39 Å². The normalized spacial score (nSPS) is 26.7. The standard InChI is InChI=1S/C13H18FNOS/c1-15-11-7-3-5-9-13(11)17(16)12-8-4-2-6-10(12)14/h2,4,6,8,11,13,15H,3,5,7,9H2,1H3. The Morgan fingerprint density at radius 2 is 2.00 bits per heavy atom. The molecule has 1 saturated carbocycles. The summed E-state index contributed by atoms with van der Waals surface area (Å²) in [4.78, 5) is 0.347. The quantitative estimate of drug-likeness (QED) is 0.899. The van der Waals surface area contributed by atoms with Crippen molar-refractivity contribution in [3.05, 3.63) is 30.1 Å². The molecule has 0 aliphatic heterocycles. The van der Waals surface area contributed by atoms with Gasteiger partial charge in [0.05, 0.1) is 20.9 Å². The summed E-state index contributed by atoms with van der Waals surface area (Å²) in [7, 11) is 0.642. The summed E-state index contributed by atoms with van der Waals surface area (Å²) >= 11 is 0. The van der Waals surface area contributed by atoms with Crippen molar-refractivity contribution in [1.29, 1.82) is 0 Å². The molecule has 0 heterocycles. The zero-order valence-corrected chi connectivity index (χ0v) is 10.8. The van der Waals surface area contributed by atoms with E-state index in [1.165, 1.54) is 6.07 Å². The van der Waals surface area contributed by atoms with E-state index in [-0.39, 0.29) is 17.1 Å². The van der Waals surface area contributed by atoms with Crippen LogP contribution in [0.1, 0.15) is 25.7 Å². The topological polar surface area (TPSA) is 29.1 Å². The molecular formula is C13H18FNOS. The van der Waals surface area contributed by atoms with Crippen LogP contribution in [0, 0.1) is 5.82 Å². The highest BCUT2D eigenvalue weighted by molar-refractivity contribution is 7.85. The summed E-state index contributed by atoms with van der Waals surface area (Å²) in [5.41, 5.74) is 0. The molecule has 1 aliphatic rings. The summed E-state index contributed by atoms with van der Waals surface area (Å²) in [5.74, 6) is -0.355. The van der Waals surface area contributed by atoms with Crippen LogP contribution in [-0.4, -0.2) is 22.5 Å². The van der Waals surface area contributed by atoms with Crippen molar-refractivity contribution in [1.82, 2.24) is 5.32 Å². The van der Waals surface area contributed by atoms with E-state index in [9.17, 15) is 8.60 Å². The molecule has 1 aromatic carbocycles. The molecule has 1 aliphatic carbocycles. The number of benzene rings is 1. The lowest BCUT2D eigenvalue weighted by molar-refractivity contribution is 0.398. The summed E-state index contributed by atoms with van der Waals surface area (Å²) in [6.07, 6.45) is 4.19. The van der Waals surface area contributed by atoms with Crippen LogP contribution in [0.3, 0.4) is 0 Å². The van der Waals surface area contributed by atoms with E-state index in [4.69, 9.17) is 0 Å². The van der Waals surface area contributed by atoms with E-state index in [1.54, 1.807) is 18.2 Å². The molecule has 1 N–H and O–H groups in total. The van der Waals surface area contributed by atoms with E-state index < -0.39 is 10.8 Å². The van der Waals surface area contributed by atoms with E-state index >= 15 is 0 Å². The van der Waals surface area contributed by atoms with Gasteiger partial charge in [-0.15, -0.1) is 0 Å². The van der Waals surface area contributed by atoms with Crippen LogP contribution in [0.2, 0.25) is 0 Å². The molecule has 3 atom stereocenters. The molecule has 2 rings (SSSR count). The molecule has 4 heteroatoms. The molecule has 0 radical (unpaired) electrons. The van der Waals surface area contributed by atoms with Gasteiger partial charge in [0.15, 0.2) is 0 Å². The number of hydrogen-bond acceptors (Lipinski definition) is 2. The minimum absolute atomic E-state index is 0.0330. The van der Waals surface area contributed by atoms with Gasteiger partial charge in [0.25, 0.3) is 0 Å². The molecule has 0 aromatic heterocycles. The number of halogens is 1. The second kappa shape index (κ2) is 5.74. The van der Waals surface area contributed by atoms with Gasteiger partial charge >= 0.3 is 0 Å². The third-order valence-corrected chi connectivity index (χ3v) is 5.28. The third-order valence-electron chi connectivity index (χ3n) is 3.40. The molecule has 1 fully saturated rings. The highest BCUT2D eigenvalue weighted by atomic mass is 32.2. The number of hydrogen-bond donors (Lipinski definition) is 1. The Hall–Kier alpha value is -0.740. The molecular weight excluding hydrogens is 237 g/mol. The molecule has 3 unspecified atom stereocenters. The third kappa shape index (κ3) is 2.75. The summed E-state index contributed by atoms with van der Waals surface area (Å²) in [6.45, 7) is 0. The highest BCUT2D eigenvalue weighted by Gasteiger charge is 2.30. The van der Waals surface area contributed by atoms with Gasteiger partial charge < -0.3 is 5.32 Å².